The largest absolute Gasteiger partial charge is 0.324 e. The summed E-state index contributed by atoms with van der Waals surface area (Å²) in [5.41, 5.74) is 7.20. The van der Waals surface area contributed by atoms with E-state index in [1.807, 2.05) is 41.9 Å². The monoisotopic (exact) mass is 414 g/mol. The SMILES string of the molecule is CSn1cc(-c2cc(-c3c(-c4cccc(C)n4)nc4n3C3CCC4C3)ccn2)cn1. The highest BCUT2D eigenvalue weighted by Crippen LogP contribution is 2.52. The average Bonchev–Trinajstić information content (AvgIpc) is 3.55. The molecule has 0 radical (unpaired) electrons. The molecule has 2 bridgehead atoms. The average molecular weight is 415 g/mol. The molecule has 4 aromatic rings. The molecule has 0 spiro atoms. The van der Waals surface area contributed by atoms with Crippen LogP contribution in [0.3, 0.4) is 0 Å². The van der Waals surface area contributed by atoms with Crippen molar-refractivity contribution in [1.29, 1.82) is 0 Å². The predicted molar refractivity (Wildman–Crippen MR) is 119 cm³/mol. The third-order valence-electron chi connectivity index (χ3n) is 6.28. The van der Waals surface area contributed by atoms with Gasteiger partial charge < -0.3 is 4.57 Å². The Morgan fingerprint density at radius 1 is 1.07 bits per heavy atom. The van der Waals surface area contributed by atoms with Crippen LogP contribution in [0.1, 0.15) is 42.7 Å². The van der Waals surface area contributed by atoms with Crippen LogP contribution < -0.4 is 0 Å². The van der Waals surface area contributed by atoms with Crippen molar-refractivity contribution in [2.75, 3.05) is 6.26 Å². The third-order valence-corrected chi connectivity index (χ3v) is 6.85. The van der Waals surface area contributed by atoms with Crippen LogP contribution in [0.4, 0.5) is 0 Å². The molecule has 7 heteroatoms. The van der Waals surface area contributed by atoms with E-state index in [2.05, 4.69) is 38.9 Å². The Morgan fingerprint density at radius 2 is 2.00 bits per heavy atom. The van der Waals surface area contributed by atoms with Gasteiger partial charge in [-0.25, -0.2) is 9.07 Å². The van der Waals surface area contributed by atoms with Crippen molar-refractivity contribution in [2.24, 2.45) is 0 Å². The van der Waals surface area contributed by atoms with Crippen LogP contribution in [-0.2, 0) is 0 Å². The number of rotatable bonds is 4. The van der Waals surface area contributed by atoms with Crippen molar-refractivity contribution in [3.8, 4) is 33.9 Å². The smallest absolute Gasteiger partial charge is 0.115 e. The topological polar surface area (TPSA) is 61.4 Å². The zero-order valence-corrected chi connectivity index (χ0v) is 17.8. The summed E-state index contributed by atoms with van der Waals surface area (Å²) < 4.78 is 4.33. The zero-order valence-electron chi connectivity index (χ0n) is 17.0. The first-order chi connectivity index (χ1) is 14.7. The first-order valence-corrected chi connectivity index (χ1v) is 11.5. The molecule has 2 unspecified atom stereocenters. The number of pyridine rings is 2. The van der Waals surface area contributed by atoms with Crippen LogP contribution >= 0.6 is 11.9 Å². The van der Waals surface area contributed by atoms with Gasteiger partial charge in [0.2, 0.25) is 0 Å². The summed E-state index contributed by atoms with van der Waals surface area (Å²) >= 11 is 1.57. The van der Waals surface area contributed by atoms with Gasteiger partial charge in [-0.1, -0.05) is 6.07 Å². The highest BCUT2D eigenvalue weighted by atomic mass is 32.2. The predicted octanol–water partition coefficient (Wildman–Crippen LogP) is 5.13. The molecule has 0 N–H and O–H groups in total. The maximum absolute atomic E-state index is 5.14. The molecular weight excluding hydrogens is 392 g/mol. The second kappa shape index (κ2) is 6.80. The summed E-state index contributed by atoms with van der Waals surface area (Å²) in [7, 11) is 0. The Bertz CT molecular complexity index is 1260. The fraction of sp³-hybridized carbons (Fsp3) is 0.304. The van der Waals surface area contributed by atoms with Gasteiger partial charge in [0.15, 0.2) is 0 Å². The highest BCUT2D eigenvalue weighted by Gasteiger charge is 2.41. The Morgan fingerprint density at radius 3 is 2.83 bits per heavy atom. The molecule has 4 aromatic heterocycles. The number of hydrogen-bond acceptors (Lipinski definition) is 5. The van der Waals surface area contributed by atoms with Crippen molar-refractivity contribution < 1.29 is 0 Å². The summed E-state index contributed by atoms with van der Waals surface area (Å²) in [4.78, 5) is 14.6. The minimum atomic E-state index is 0.543. The van der Waals surface area contributed by atoms with Gasteiger partial charge in [-0.3, -0.25) is 9.97 Å². The minimum absolute atomic E-state index is 0.543. The number of hydrogen-bond donors (Lipinski definition) is 0. The molecule has 6 rings (SSSR count). The molecule has 1 fully saturated rings. The minimum Gasteiger partial charge on any atom is -0.324 e. The molecule has 0 saturated heterocycles. The van der Waals surface area contributed by atoms with Crippen LogP contribution in [0.15, 0.2) is 48.9 Å². The summed E-state index contributed by atoms with van der Waals surface area (Å²) in [5.74, 6) is 1.81. The Balaban J connectivity index is 1.54. The van der Waals surface area contributed by atoms with E-state index in [4.69, 9.17) is 9.97 Å². The molecule has 1 aliphatic heterocycles. The Hall–Kier alpha value is -2.93. The first kappa shape index (κ1) is 17.9. The lowest BCUT2D eigenvalue weighted by Gasteiger charge is -2.17. The van der Waals surface area contributed by atoms with E-state index in [0.717, 1.165) is 33.9 Å². The van der Waals surface area contributed by atoms with Gasteiger partial charge in [0.1, 0.15) is 11.5 Å². The van der Waals surface area contributed by atoms with E-state index in [-0.39, 0.29) is 0 Å². The van der Waals surface area contributed by atoms with Crippen molar-refractivity contribution >= 4 is 11.9 Å². The van der Waals surface area contributed by atoms with Crippen LogP contribution in [0.2, 0.25) is 0 Å². The molecule has 1 aliphatic carbocycles. The summed E-state index contributed by atoms with van der Waals surface area (Å²) in [6.07, 6.45) is 11.5. The van der Waals surface area contributed by atoms with Gasteiger partial charge in [-0.15, -0.1) is 0 Å². The summed E-state index contributed by atoms with van der Waals surface area (Å²) in [6, 6.07) is 11.0. The van der Waals surface area contributed by atoms with Gasteiger partial charge in [0, 0.05) is 47.4 Å². The number of imidazole rings is 1. The van der Waals surface area contributed by atoms with Crippen molar-refractivity contribution in [2.45, 2.75) is 38.1 Å². The van der Waals surface area contributed by atoms with Crippen LogP contribution in [0, 0.1) is 6.92 Å². The quantitative estimate of drug-likeness (QED) is 0.463. The number of aryl methyl sites for hydroxylation is 1. The molecule has 5 heterocycles. The zero-order chi connectivity index (χ0) is 20.2. The molecule has 150 valence electrons. The van der Waals surface area contributed by atoms with Crippen LogP contribution in [0.5, 0.6) is 0 Å². The Labute approximate surface area is 179 Å². The summed E-state index contributed by atoms with van der Waals surface area (Å²) in [6.45, 7) is 2.03. The second-order valence-electron chi connectivity index (χ2n) is 8.11. The van der Waals surface area contributed by atoms with Crippen LogP contribution in [-0.4, -0.2) is 35.0 Å². The molecular formula is C23H22N6S. The van der Waals surface area contributed by atoms with E-state index in [1.54, 1.807) is 11.9 Å². The fourth-order valence-corrected chi connectivity index (χ4v) is 5.30. The van der Waals surface area contributed by atoms with Crippen molar-refractivity contribution in [1.82, 2.24) is 28.7 Å². The first-order valence-electron chi connectivity index (χ1n) is 10.3. The van der Waals surface area contributed by atoms with Gasteiger partial charge in [0.05, 0.1) is 23.3 Å². The van der Waals surface area contributed by atoms with E-state index in [1.165, 1.54) is 30.8 Å². The fourth-order valence-electron chi connectivity index (χ4n) is 4.94. The molecule has 0 amide bonds. The molecule has 2 aliphatic rings. The molecule has 30 heavy (non-hydrogen) atoms. The molecule has 1 saturated carbocycles. The van der Waals surface area contributed by atoms with Gasteiger partial charge >= 0.3 is 0 Å². The van der Waals surface area contributed by atoms with Crippen LogP contribution in [0.25, 0.3) is 33.9 Å². The number of aromatic nitrogens is 6. The molecule has 2 atom stereocenters. The van der Waals surface area contributed by atoms with Gasteiger partial charge in [-0.2, -0.15) is 5.10 Å². The van der Waals surface area contributed by atoms with Crippen molar-refractivity contribution in [3.05, 3.63) is 60.4 Å². The van der Waals surface area contributed by atoms with E-state index >= 15 is 0 Å². The standard InChI is InChI=1S/C23H22N6S/c1-14-4-3-5-19(26-14)21-22(29-18-7-6-16(10-18)23(29)27-21)15-8-9-24-20(11-15)17-12-25-28(13-17)30-2/h3-5,8-9,11-13,16,18H,6-7,10H2,1-2H3. The maximum Gasteiger partial charge on any atom is 0.115 e. The number of fused-ring (bicyclic) bond motifs is 5. The Kier molecular flexibility index (Phi) is 4.06. The van der Waals surface area contributed by atoms with Crippen molar-refractivity contribution in [3.63, 3.8) is 0 Å². The third kappa shape index (κ3) is 2.72. The normalized spacial score (nSPS) is 19.4. The summed E-state index contributed by atoms with van der Waals surface area (Å²) in [5, 5.41) is 4.38. The van der Waals surface area contributed by atoms with Gasteiger partial charge in [-0.05, 0) is 62.4 Å². The van der Waals surface area contributed by atoms with Gasteiger partial charge in [0.25, 0.3) is 0 Å². The lowest BCUT2D eigenvalue weighted by Crippen LogP contribution is -2.08. The van der Waals surface area contributed by atoms with E-state index in [9.17, 15) is 0 Å². The van der Waals surface area contributed by atoms with E-state index in [0.29, 0.717) is 12.0 Å². The molecule has 6 nitrogen and oxygen atoms in total. The van der Waals surface area contributed by atoms with E-state index < -0.39 is 0 Å². The number of nitrogens with zero attached hydrogens (tertiary/aromatic N) is 6. The second-order valence-corrected chi connectivity index (χ2v) is 8.85. The molecule has 0 aromatic carbocycles. The maximum atomic E-state index is 5.14. The highest BCUT2D eigenvalue weighted by molar-refractivity contribution is 7.97. The lowest BCUT2D eigenvalue weighted by atomic mass is 10.1. The lowest BCUT2D eigenvalue weighted by molar-refractivity contribution is 0.530.